The van der Waals surface area contributed by atoms with Crippen LogP contribution in [-0.2, 0) is 28.7 Å². The molecule has 1 spiro atoms. The number of carbonyl (C=O) groups excluding carboxylic acids is 4. The molecule has 3 aromatic carbocycles. The maximum atomic E-state index is 15.0. The monoisotopic (exact) mass is 789 g/mol. The molecule has 3 aliphatic rings. The van der Waals surface area contributed by atoms with Gasteiger partial charge >= 0.3 is 5.97 Å². The van der Waals surface area contributed by atoms with Crippen LogP contribution in [0.1, 0.15) is 42.5 Å². The molecule has 3 amide bonds. The van der Waals surface area contributed by atoms with Crippen LogP contribution in [0.4, 0.5) is 5.69 Å². The van der Waals surface area contributed by atoms with E-state index in [1.54, 1.807) is 72.8 Å². The molecule has 0 radical (unpaired) electrons. The molecule has 1 unspecified atom stereocenters. The zero-order valence-electron chi connectivity index (χ0n) is 28.5. The van der Waals surface area contributed by atoms with Crippen molar-refractivity contribution in [1.29, 1.82) is 0 Å². The highest BCUT2D eigenvalue weighted by Crippen LogP contribution is 2.61. The molecule has 52 heavy (non-hydrogen) atoms. The second-order valence-corrected chi connectivity index (χ2v) is 14.8. The molecule has 8 atom stereocenters. The van der Waals surface area contributed by atoms with Gasteiger partial charge in [-0.15, -0.1) is 13.2 Å². The van der Waals surface area contributed by atoms with Gasteiger partial charge in [-0.1, -0.05) is 100 Å². The van der Waals surface area contributed by atoms with Crippen molar-refractivity contribution in [3.63, 3.8) is 0 Å². The molecular weight excluding hydrogens is 750 g/mol. The Labute approximate surface area is 316 Å². The number of nitrogens with one attached hydrogen (secondary N) is 1. The van der Waals surface area contributed by atoms with E-state index >= 15 is 4.79 Å². The second kappa shape index (κ2) is 16.2. The minimum atomic E-state index is -1.44. The summed E-state index contributed by atoms with van der Waals surface area (Å²) < 4.78 is 12.9. The predicted octanol–water partition coefficient (Wildman–Crippen LogP) is 5.71. The number of anilines is 1. The van der Waals surface area contributed by atoms with Gasteiger partial charge < -0.3 is 29.7 Å². The molecule has 3 aliphatic heterocycles. The summed E-state index contributed by atoms with van der Waals surface area (Å²) in [5.74, 6) is -4.03. The number of hydrogen-bond donors (Lipinski definition) is 2. The lowest BCUT2D eigenvalue weighted by Crippen LogP contribution is -2.57. The van der Waals surface area contributed by atoms with Gasteiger partial charge in [0.05, 0.1) is 37.1 Å². The molecule has 2 N–H and O–H groups in total. The Morgan fingerprint density at radius 3 is 2.31 bits per heavy atom. The molecular formula is C40H41BrClN3O7. The summed E-state index contributed by atoms with van der Waals surface area (Å²) in [6.45, 7) is 7.17. The Balaban J connectivity index is 1.40. The minimum absolute atomic E-state index is 0.0108. The van der Waals surface area contributed by atoms with Crippen LogP contribution >= 0.6 is 27.5 Å². The average Bonchev–Trinajstić information content (AvgIpc) is 3.76. The van der Waals surface area contributed by atoms with Crippen molar-refractivity contribution < 1.29 is 33.8 Å². The van der Waals surface area contributed by atoms with Crippen molar-refractivity contribution in [3.8, 4) is 0 Å². The summed E-state index contributed by atoms with van der Waals surface area (Å²) in [4.78, 5) is 59.5. The van der Waals surface area contributed by atoms with E-state index in [9.17, 15) is 19.5 Å². The number of halogens is 2. The SMILES string of the molecule is C=CCCC(=O)NC[C@H](OC(=O)[C@H]1[C@@H]2O[C@@]3(CC2Br)[C@@H]1C(=O)N([C@H](CO)c1ccccc1)[C@@H]3C(=O)N(CC=C)c1ccc(Cl)cc1)c1ccccc1. The lowest BCUT2D eigenvalue weighted by atomic mass is 9.70. The van der Waals surface area contributed by atoms with E-state index in [0.717, 1.165) is 0 Å². The number of carbonyl (C=O) groups is 4. The molecule has 3 saturated heterocycles. The van der Waals surface area contributed by atoms with Crippen molar-refractivity contribution in [2.75, 3.05) is 24.6 Å². The highest BCUT2D eigenvalue weighted by atomic mass is 79.9. The van der Waals surface area contributed by atoms with E-state index in [-0.39, 0.29) is 31.8 Å². The van der Waals surface area contributed by atoms with Gasteiger partial charge in [0.1, 0.15) is 17.7 Å². The Bertz CT molecular complexity index is 1800. The summed E-state index contributed by atoms with van der Waals surface area (Å²) in [5.41, 5.74) is 0.372. The molecule has 0 aliphatic carbocycles. The Hall–Kier alpha value is -4.29. The van der Waals surface area contributed by atoms with Crippen LogP contribution in [0.3, 0.4) is 0 Å². The van der Waals surface area contributed by atoms with E-state index in [1.165, 1.54) is 9.80 Å². The number of ether oxygens (including phenoxy) is 2. The first-order chi connectivity index (χ1) is 25.1. The minimum Gasteiger partial charge on any atom is -0.455 e. The number of esters is 1. The first-order valence-corrected chi connectivity index (χ1v) is 18.5. The lowest BCUT2D eigenvalue weighted by Gasteiger charge is -2.39. The van der Waals surface area contributed by atoms with Crippen LogP contribution < -0.4 is 10.2 Å². The topological polar surface area (TPSA) is 125 Å². The Morgan fingerprint density at radius 2 is 1.69 bits per heavy atom. The van der Waals surface area contributed by atoms with Crippen LogP contribution in [-0.4, -0.2) is 76.0 Å². The van der Waals surface area contributed by atoms with E-state index in [0.29, 0.717) is 28.3 Å². The predicted molar refractivity (Wildman–Crippen MR) is 201 cm³/mol. The molecule has 3 aromatic rings. The Kier molecular flexibility index (Phi) is 11.6. The zero-order chi connectivity index (χ0) is 37.0. The summed E-state index contributed by atoms with van der Waals surface area (Å²) in [6.07, 6.45) is 2.58. The summed E-state index contributed by atoms with van der Waals surface area (Å²) >= 11 is 9.91. The number of hydrogen-bond acceptors (Lipinski definition) is 7. The van der Waals surface area contributed by atoms with Crippen molar-refractivity contribution in [2.45, 2.75) is 54.0 Å². The largest absolute Gasteiger partial charge is 0.455 e. The van der Waals surface area contributed by atoms with E-state index < -0.39 is 70.9 Å². The number of benzene rings is 3. The second-order valence-electron chi connectivity index (χ2n) is 13.2. The molecule has 10 nitrogen and oxygen atoms in total. The number of rotatable bonds is 15. The fourth-order valence-electron chi connectivity index (χ4n) is 7.84. The van der Waals surface area contributed by atoms with Gasteiger partial charge in [0, 0.05) is 28.5 Å². The third-order valence-corrected chi connectivity index (χ3v) is 11.2. The van der Waals surface area contributed by atoms with Gasteiger partial charge in [-0.25, -0.2) is 0 Å². The number of fused-ring (bicyclic) bond motifs is 1. The number of likely N-dealkylation sites (tertiary alicyclic amines) is 1. The van der Waals surface area contributed by atoms with Crippen molar-refractivity contribution in [3.05, 3.63) is 126 Å². The standard InChI is InChI=1S/C40H41BrClN3O7/c1-3-5-16-32(47)43-23-31(26-14-10-7-11-15-26)51-39(50)33-34-37(48)45(30(24-46)25-12-8-6-9-13-25)36(40(34)22-29(41)35(33)52-40)38(49)44(21-4-2)28-19-17-27(42)18-20-28/h3-4,6-15,17-20,29-31,33-36,46H,1-2,5,16,21-24H2,(H,43,47)/t29?,30-,31+,33-,34+,35-,36-,40+/m1/s1. The molecule has 2 bridgehead atoms. The molecule has 0 saturated carbocycles. The number of alkyl halides is 1. The quantitative estimate of drug-likeness (QED) is 0.115. The number of aliphatic hydroxyl groups excluding tert-OH is 1. The van der Waals surface area contributed by atoms with Gasteiger partial charge in [-0.3, -0.25) is 19.2 Å². The van der Waals surface area contributed by atoms with Gasteiger partial charge in [0.2, 0.25) is 11.8 Å². The van der Waals surface area contributed by atoms with Gasteiger partial charge in [0.25, 0.3) is 5.91 Å². The number of nitrogens with zero attached hydrogens (tertiary/aromatic N) is 2. The first kappa shape index (κ1) is 37.5. The summed E-state index contributed by atoms with van der Waals surface area (Å²) in [6, 6.07) is 22.6. The first-order valence-electron chi connectivity index (χ1n) is 17.3. The number of aliphatic hydroxyl groups is 1. The van der Waals surface area contributed by atoms with E-state index in [4.69, 9.17) is 21.1 Å². The molecule has 3 fully saturated rings. The van der Waals surface area contributed by atoms with Gasteiger partial charge in [-0.2, -0.15) is 0 Å². The van der Waals surface area contributed by atoms with Crippen LogP contribution in [0.5, 0.6) is 0 Å². The van der Waals surface area contributed by atoms with E-state index in [2.05, 4.69) is 34.4 Å². The normalized spacial score (nSPS) is 25.6. The smallest absolute Gasteiger partial charge is 0.313 e. The van der Waals surface area contributed by atoms with Crippen molar-refractivity contribution >= 4 is 56.9 Å². The fourth-order valence-corrected chi connectivity index (χ4v) is 8.91. The van der Waals surface area contributed by atoms with Gasteiger partial charge in [-0.05, 0) is 48.2 Å². The number of amides is 3. The fraction of sp³-hybridized carbons (Fsp3) is 0.350. The van der Waals surface area contributed by atoms with Crippen molar-refractivity contribution in [2.24, 2.45) is 11.8 Å². The average molecular weight is 791 g/mol. The number of allylic oxidation sites excluding steroid dienone is 1. The van der Waals surface area contributed by atoms with E-state index in [1.807, 2.05) is 24.3 Å². The summed E-state index contributed by atoms with van der Waals surface area (Å²) in [5, 5.41) is 14.2. The van der Waals surface area contributed by atoms with Crippen LogP contribution in [0.25, 0.3) is 0 Å². The van der Waals surface area contributed by atoms with Gasteiger partial charge in [0.15, 0.2) is 0 Å². The lowest BCUT2D eigenvalue weighted by molar-refractivity contribution is -0.160. The highest BCUT2D eigenvalue weighted by Gasteiger charge is 2.77. The third kappa shape index (κ3) is 7.07. The maximum Gasteiger partial charge on any atom is 0.313 e. The molecule has 6 rings (SSSR count). The summed E-state index contributed by atoms with van der Waals surface area (Å²) in [7, 11) is 0. The van der Waals surface area contributed by atoms with Crippen LogP contribution in [0.2, 0.25) is 5.02 Å². The zero-order valence-corrected chi connectivity index (χ0v) is 30.8. The third-order valence-electron chi connectivity index (χ3n) is 10.1. The highest BCUT2D eigenvalue weighted by molar-refractivity contribution is 9.09. The maximum absolute atomic E-state index is 15.0. The van der Waals surface area contributed by atoms with Crippen LogP contribution in [0, 0.1) is 11.8 Å². The van der Waals surface area contributed by atoms with Crippen molar-refractivity contribution in [1.82, 2.24) is 10.2 Å². The molecule has 272 valence electrons. The van der Waals surface area contributed by atoms with Crippen LogP contribution in [0.15, 0.2) is 110 Å². The molecule has 3 heterocycles. The molecule has 0 aromatic heterocycles. The Morgan fingerprint density at radius 1 is 1.04 bits per heavy atom. The molecule has 12 heteroatoms.